The van der Waals surface area contributed by atoms with Gasteiger partial charge in [0.15, 0.2) is 0 Å². The van der Waals surface area contributed by atoms with Crippen LogP contribution in [0.25, 0.3) is 16.7 Å². The molecular weight excluding hydrogens is 254 g/mol. The third-order valence-corrected chi connectivity index (χ3v) is 3.07. The summed E-state index contributed by atoms with van der Waals surface area (Å²) in [7, 11) is 0. The number of rotatable bonds is 3. The number of phenols is 1. The number of hydrogen-bond donors (Lipinski definition) is 2. The number of aromatic nitrogens is 3. The number of phenolic OH excluding ortho intramolecular Hbond substituents is 1. The van der Waals surface area contributed by atoms with E-state index in [0.717, 1.165) is 11.0 Å². The number of nitrogens with zero attached hydrogens (tertiary/aromatic N) is 3. The van der Waals surface area contributed by atoms with Crippen LogP contribution in [0.15, 0.2) is 55.1 Å². The summed E-state index contributed by atoms with van der Waals surface area (Å²) in [6.07, 6.45) is 0.493. The highest BCUT2D eigenvalue weighted by molar-refractivity contribution is 5.73. The third-order valence-electron chi connectivity index (χ3n) is 3.07. The highest BCUT2D eigenvalue weighted by Crippen LogP contribution is 2.30. The van der Waals surface area contributed by atoms with Crippen LogP contribution < -0.4 is 0 Å². The average Bonchev–Trinajstić information content (AvgIpc) is 2.89. The van der Waals surface area contributed by atoms with Crippen LogP contribution in [0, 0.1) is 0 Å². The number of aliphatic hydroxyl groups excluding tert-OH is 1. The molecule has 1 heterocycles. The van der Waals surface area contributed by atoms with E-state index in [4.69, 9.17) is 0 Å². The van der Waals surface area contributed by atoms with Crippen molar-refractivity contribution in [3.05, 3.63) is 60.7 Å². The SMILES string of the molecule is C=CC(O)c1cccc(O)c1-n1nc2ccccc2n1. The second-order valence-electron chi connectivity index (χ2n) is 4.37. The van der Waals surface area contributed by atoms with E-state index >= 15 is 0 Å². The molecule has 0 aliphatic rings. The Morgan fingerprint density at radius 1 is 1.05 bits per heavy atom. The Labute approximate surface area is 115 Å². The van der Waals surface area contributed by atoms with Crippen molar-refractivity contribution in [3.8, 4) is 11.4 Å². The highest BCUT2D eigenvalue weighted by Gasteiger charge is 2.17. The molecular formula is C15H13N3O2. The van der Waals surface area contributed by atoms with Crippen LogP contribution >= 0.6 is 0 Å². The van der Waals surface area contributed by atoms with E-state index in [1.807, 2.05) is 24.3 Å². The molecule has 2 N–H and O–H groups in total. The standard InChI is InChI=1S/C15H13N3O2/c1-2-13(19)10-6-5-9-14(20)15(10)18-16-11-7-3-4-8-12(11)17-18/h2-9,13,19-20H,1H2. The van der Waals surface area contributed by atoms with Gasteiger partial charge in [-0.05, 0) is 18.2 Å². The molecule has 0 amide bonds. The van der Waals surface area contributed by atoms with Gasteiger partial charge in [0.2, 0.25) is 0 Å². The molecule has 0 spiro atoms. The first-order valence-corrected chi connectivity index (χ1v) is 6.15. The monoisotopic (exact) mass is 267 g/mol. The van der Waals surface area contributed by atoms with Gasteiger partial charge in [0.1, 0.15) is 22.5 Å². The normalized spacial score (nSPS) is 12.4. The molecule has 0 radical (unpaired) electrons. The highest BCUT2D eigenvalue weighted by atomic mass is 16.3. The number of hydrogen-bond acceptors (Lipinski definition) is 4. The minimum Gasteiger partial charge on any atom is -0.506 e. The van der Waals surface area contributed by atoms with Crippen LogP contribution in [-0.4, -0.2) is 25.2 Å². The lowest BCUT2D eigenvalue weighted by molar-refractivity contribution is 0.228. The number of aliphatic hydroxyl groups is 1. The van der Waals surface area contributed by atoms with Crippen molar-refractivity contribution in [2.24, 2.45) is 0 Å². The van der Waals surface area contributed by atoms with Gasteiger partial charge in [-0.15, -0.1) is 21.6 Å². The Hall–Kier alpha value is -2.66. The van der Waals surface area contributed by atoms with Crippen LogP contribution in [0.1, 0.15) is 11.7 Å². The van der Waals surface area contributed by atoms with Gasteiger partial charge in [-0.2, -0.15) is 0 Å². The van der Waals surface area contributed by atoms with Gasteiger partial charge in [-0.1, -0.05) is 30.3 Å². The molecule has 5 heteroatoms. The first kappa shape index (κ1) is 12.4. The number of benzene rings is 2. The van der Waals surface area contributed by atoms with Crippen LogP contribution in [0.2, 0.25) is 0 Å². The van der Waals surface area contributed by atoms with Gasteiger partial charge in [0, 0.05) is 5.56 Å². The van der Waals surface area contributed by atoms with Gasteiger partial charge in [-0.3, -0.25) is 0 Å². The molecule has 0 saturated heterocycles. The van der Waals surface area contributed by atoms with Gasteiger partial charge in [0.25, 0.3) is 0 Å². The van der Waals surface area contributed by atoms with Crippen LogP contribution in [-0.2, 0) is 0 Å². The summed E-state index contributed by atoms with van der Waals surface area (Å²) in [6, 6.07) is 12.3. The third kappa shape index (κ3) is 1.94. The molecule has 1 unspecified atom stereocenters. The molecule has 0 bridgehead atoms. The molecule has 3 rings (SSSR count). The van der Waals surface area contributed by atoms with Crippen molar-refractivity contribution in [1.29, 1.82) is 0 Å². The molecule has 1 atom stereocenters. The molecule has 5 nitrogen and oxygen atoms in total. The van der Waals surface area contributed by atoms with Gasteiger partial charge >= 0.3 is 0 Å². The van der Waals surface area contributed by atoms with Crippen molar-refractivity contribution < 1.29 is 10.2 Å². The predicted molar refractivity (Wildman–Crippen MR) is 75.7 cm³/mol. The van der Waals surface area contributed by atoms with Gasteiger partial charge < -0.3 is 10.2 Å². The second-order valence-corrected chi connectivity index (χ2v) is 4.37. The first-order chi connectivity index (χ1) is 9.70. The van der Waals surface area contributed by atoms with Crippen LogP contribution in [0.3, 0.4) is 0 Å². The van der Waals surface area contributed by atoms with E-state index in [9.17, 15) is 10.2 Å². The molecule has 20 heavy (non-hydrogen) atoms. The molecule has 1 aromatic heterocycles. The predicted octanol–water partition coefficient (Wildman–Crippen LogP) is 2.35. The van der Waals surface area contributed by atoms with Crippen LogP contribution in [0.4, 0.5) is 0 Å². The Kier molecular flexibility index (Phi) is 2.96. The maximum absolute atomic E-state index is 10.1. The van der Waals surface area contributed by atoms with Crippen molar-refractivity contribution in [2.75, 3.05) is 0 Å². The molecule has 0 aliphatic heterocycles. The molecule has 2 aromatic carbocycles. The lowest BCUT2D eigenvalue weighted by Crippen LogP contribution is -2.06. The Morgan fingerprint density at radius 3 is 2.30 bits per heavy atom. The fourth-order valence-electron chi connectivity index (χ4n) is 2.09. The average molecular weight is 267 g/mol. The lowest BCUT2D eigenvalue weighted by Gasteiger charge is -2.12. The van der Waals surface area contributed by atoms with Gasteiger partial charge in [-0.25, -0.2) is 0 Å². The Bertz CT molecular complexity index is 747. The summed E-state index contributed by atoms with van der Waals surface area (Å²) in [4.78, 5) is 1.34. The maximum Gasteiger partial charge on any atom is 0.143 e. The van der Waals surface area contributed by atoms with Crippen LogP contribution in [0.5, 0.6) is 5.75 Å². The van der Waals surface area contributed by atoms with Crippen molar-refractivity contribution in [2.45, 2.75) is 6.10 Å². The quantitative estimate of drug-likeness (QED) is 0.714. The van der Waals surface area contributed by atoms with E-state index in [-0.39, 0.29) is 5.75 Å². The topological polar surface area (TPSA) is 71.2 Å². The number of para-hydroxylation sites is 1. The fourth-order valence-corrected chi connectivity index (χ4v) is 2.09. The van der Waals surface area contributed by atoms with E-state index < -0.39 is 6.10 Å². The lowest BCUT2D eigenvalue weighted by atomic mass is 10.1. The minimum atomic E-state index is -0.897. The zero-order valence-corrected chi connectivity index (χ0v) is 10.6. The van der Waals surface area contributed by atoms with Crippen molar-refractivity contribution in [1.82, 2.24) is 15.0 Å². The van der Waals surface area contributed by atoms with E-state index in [0.29, 0.717) is 11.3 Å². The van der Waals surface area contributed by atoms with Crippen molar-refractivity contribution in [3.63, 3.8) is 0 Å². The smallest absolute Gasteiger partial charge is 0.143 e. The fraction of sp³-hybridized carbons (Fsp3) is 0.0667. The van der Waals surface area contributed by atoms with E-state index in [2.05, 4.69) is 16.8 Å². The number of fused-ring (bicyclic) bond motifs is 1. The first-order valence-electron chi connectivity index (χ1n) is 6.15. The van der Waals surface area contributed by atoms with E-state index in [1.54, 1.807) is 12.1 Å². The minimum absolute atomic E-state index is 0.00343. The van der Waals surface area contributed by atoms with E-state index in [1.165, 1.54) is 16.9 Å². The van der Waals surface area contributed by atoms with Gasteiger partial charge in [0.05, 0.1) is 6.10 Å². The summed E-state index contributed by atoms with van der Waals surface area (Å²) in [5.74, 6) is 0.00343. The molecule has 3 aromatic rings. The molecule has 0 aliphatic carbocycles. The van der Waals surface area contributed by atoms with Crippen molar-refractivity contribution >= 4 is 11.0 Å². The zero-order valence-electron chi connectivity index (χ0n) is 10.6. The summed E-state index contributed by atoms with van der Waals surface area (Å²) >= 11 is 0. The summed E-state index contributed by atoms with van der Waals surface area (Å²) in [5, 5.41) is 28.7. The molecule has 0 fully saturated rings. The summed E-state index contributed by atoms with van der Waals surface area (Å²) in [5.41, 5.74) is 2.29. The number of aromatic hydroxyl groups is 1. The molecule has 0 saturated carbocycles. The Balaban J connectivity index is 2.25. The summed E-state index contributed by atoms with van der Waals surface area (Å²) in [6.45, 7) is 3.56. The molecule has 100 valence electrons. The zero-order chi connectivity index (χ0) is 14.1. The Morgan fingerprint density at radius 2 is 1.70 bits per heavy atom. The second kappa shape index (κ2) is 4.79. The summed E-state index contributed by atoms with van der Waals surface area (Å²) < 4.78 is 0. The largest absolute Gasteiger partial charge is 0.506 e. The maximum atomic E-state index is 10.1.